The number of aliphatic hydroxyl groups excluding tert-OH is 1. The van der Waals surface area contributed by atoms with E-state index in [0.717, 1.165) is 30.8 Å². The minimum atomic E-state index is 0.107. The van der Waals surface area contributed by atoms with Gasteiger partial charge in [-0.2, -0.15) is 0 Å². The van der Waals surface area contributed by atoms with E-state index >= 15 is 0 Å². The highest BCUT2D eigenvalue weighted by atomic mass is 16.3. The molecule has 0 aromatic rings. The van der Waals surface area contributed by atoms with Crippen molar-refractivity contribution in [3.63, 3.8) is 0 Å². The van der Waals surface area contributed by atoms with Gasteiger partial charge >= 0.3 is 0 Å². The van der Waals surface area contributed by atoms with Crippen LogP contribution in [0.4, 0.5) is 0 Å². The van der Waals surface area contributed by atoms with Gasteiger partial charge in [0.2, 0.25) is 0 Å². The molecule has 0 aromatic heterocycles. The number of rotatable bonds is 5. The Morgan fingerprint density at radius 2 is 2.00 bits per heavy atom. The Hall–Kier alpha value is -0.890. The van der Waals surface area contributed by atoms with Crippen molar-refractivity contribution < 1.29 is 9.90 Å². The van der Waals surface area contributed by atoms with Crippen LogP contribution in [0.2, 0.25) is 0 Å². The second-order valence-electron chi connectivity index (χ2n) is 11.4. The monoisotopic (exact) mass is 398 g/mol. The van der Waals surface area contributed by atoms with Crippen LogP contribution in [0.1, 0.15) is 98.3 Å². The summed E-state index contributed by atoms with van der Waals surface area (Å²) in [4.78, 5) is 13.4. The van der Waals surface area contributed by atoms with Gasteiger partial charge in [0.05, 0.1) is 6.61 Å². The van der Waals surface area contributed by atoms with Crippen LogP contribution in [0, 0.1) is 34.5 Å². The maximum absolute atomic E-state index is 13.4. The summed E-state index contributed by atoms with van der Waals surface area (Å²) in [5.41, 5.74) is 4.53. The number of fused-ring (bicyclic) bond motifs is 4. The molecule has 0 aromatic carbocycles. The summed E-state index contributed by atoms with van der Waals surface area (Å²) in [5.74, 6) is 3.12. The van der Waals surface area contributed by atoms with Crippen LogP contribution in [-0.2, 0) is 4.79 Å². The molecule has 0 spiro atoms. The minimum absolute atomic E-state index is 0.107. The Bertz CT molecular complexity index is 716. The van der Waals surface area contributed by atoms with Crippen molar-refractivity contribution >= 4 is 5.78 Å². The molecule has 3 saturated carbocycles. The van der Waals surface area contributed by atoms with Crippen molar-refractivity contribution in [3.8, 4) is 0 Å². The lowest BCUT2D eigenvalue weighted by Crippen LogP contribution is -2.46. The second kappa shape index (κ2) is 7.98. The molecule has 2 nitrogen and oxygen atoms in total. The van der Waals surface area contributed by atoms with Gasteiger partial charge in [0.25, 0.3) is 0 Å². The maximum Gasteiger partial charge on any atom is 0.159 e. The van der Waals surface area contributed by atoms with E-state index in [2.05, 4.69) is 26.8 Å². The Labute approximate surface area is 178 Å². The average molecular weight is 399 g/mol. The van der Waals surface area contributed by atoms with Crippen molar-refractivity contribution in [1.29, 1.82) is 0 Å². The Morgan fingerprint density at radius 1 is 1.21 bits per heavy atom. The van der Waals surface area contributed by atoms with Crippen LogP contribution in [0.3, 0.4) is 0 Å². The number of carbonyl (C=O) groups excluding carboxylic acids is 1. The van der Waals surface area contributed by atoms with Crippen molar-refractivity contribution in [2.24, 2.45) is 34.5 Å². The molecule has 0 bridgehead atoms. The highest BCUT2D eigenvalue weighted by molar-refractivity contribution is 6.00. The van der Waals surface area contributed by atoms with E-state index in [1.54, 1.807) is 5.57 Å². The lowest BCUT2D eigenvalue weighted by atomic mass is 9.49. The fourth-order valence-electron chi connectivity index (χ4n) is 8.09. The molecule has 4 rings (SSSR count). The molecular weight excluding hydrogens is 356 g/mol. The van der Waals surface area contributed by atoms with E-state index in [1.165, 1.54) is 56.9 Å². The summed E-state index contributed by atoms with van der Waals surface area (Å²) in [5, 5.41) is 9.24. The molecule has 1 N–H and O–H groups in total. The van der Waals surface area contributed by atoms with Crippen LogP contribution < -0.4 is 0 Å². The highest BCUT2D eigenvalue weighted by Crippen LogP contribution is 2.65. The van der Waals surface area contributed by atoms with E-state index in [9.17, 15) is 9.90 Å². The zero-order chi connectivity index (χ0) is 20.8. The molecule has 0 radical (unpaired) electrons. The first-order valence-electron chi connectivity index (χ1n) is 12.3. The van der Waals surface area contributed by atoms with Gasteiger partial charge in [-0.3, -0.25) is 4.79 Å². The van der Waals surface area contributed by atoms with E-state index in [1.807, 2.05) is 6.92 Å². The largest absolute Gasteiger partial charge is 0.392 e. The van der Waals surface area contributed by atoms with E-state index in [0.29, 0.717) is 29.0 Å². The SMILES string of the molecule is CC(=CCC[C@@H](C)[C@H]1CC(=O)C2=C3CC[C@H]4CCCC[C@]4(C)[C@H]3CC[C@@]21C)CO. The van der Waals surface area contributed by atoms with Gasteiger partial charge < -0.3 is 5.11 Å². The van der Waals surface area contributed by atoms with Gasteiger partial charge in [-0.15, -0.1) is 0 Å². The lowest BCUT2D eigenvalue weighted by Gasteiger charge is -2.55. The van der Waals surface area contributed by atoms with Crippen LogP contribution in [0.5, 0.6) is 0 Å². The molecule has 2 heteroatoms. The second-order valence-corrected chi connectivity index (χ2v) is 11.4. The van der Waals surface area contributed by atoms with Crippen LogP contribution in [0.25, 0.3) is 0 Å². The third-order valence-electron chi connectivity index (χ3n) is 9.83. The summed E-state index contributed by atoms with van der Waals surface area (Å²) < 4.78 is 0. The zero-order valence-corrected chi connectivity index (χ0v) is 19.2. The number of hydrogen-bond donors (Lipinski definition) is 1. The van der Waals surface area contributed by atoms with Gasteiger partial charge in [-0.25, -0.2) is 0 Å². The molecule has 0 unspecified atom stereocenters. The highest BCUT2D eigenvalue weighted by Gasteiger charge is 2.57. The van der Waals surface area contributed by atoms with Crippen molar-refractivity contribution in [2.45, 2.75) is 98.3 Å². The van der Waals surface area contributed by atoms with E-state index in [-0.39, 0.29) is 12.0 Å². The summed E-state index contributed by atoms with van der Waals surface area (Å²) in [6, 6.07) is 0. The number of ketones is 1. The first kappa shape index (κ1) is 21.3. The molecular formula is C27H42O2. The standard InChI is InChI=1S/C27H42O2/c1-18(17-28)8-7-9-19(2)23-16-24(29)25-21-12-11-20-10-5-6-14-26(20,3)22(21)13-15-27(23,25)4/h8,19-20,22-23,28H,5-7,9-17H2,1-4H3/t19-,20-,22+,23-,26+,27-/m1/s1. The number of Topliss-reactive ketones (excluding diaryl/α,β-unsaturated/α-hetero) is 1. The molecule has 0 amide bonds. The molecule has 162 valence electrons. The third kappa shape index (κ3) is 3.48. The Balaban J connectivity index is 1.59. The minimum Gasteiger partial charge on any atom is -0.392 e. The Morgan fingerprint density at radius 3 is 2.76 bits per heavy atom. The molecule has 0 heterocycles. The van der Waals surface area contributed by atoms with Gasteiger partial charge in [-0.1, -0.05) is 50.8 Å². The predicted molar refractivity (Wildman–Crippen MR) is 120 cm³/mol. The maximum atomic E-state index is 13.4. The number of hydrogen-bond acceptors (Lipinski definition) is 2. The molecule has 29 heavy (non-hydrogen) atoms. The van der Waals surface area contributed by atoms with E-state index < -0.39 is 0 Å². The normalized spacial score (nSPS) is 41.1. The first-order valence-corrected chi connectivity index (χ1v) is 12.3. The van der Waals surface area contributed by atoms with Crippen LogP contribution >= 0.6 is 0 Å². The zero-order valence-electron chi connectivity index (χ0n) is 19.2. The van der Waals surface area contributed by atoms with Gasteiger partial charge in [0.1, 0.15) is 0 Å². The number of allylic oxidation sites excluding steroid dienone is 3. The molecule has 4 aliphatic carbocycles. The average Bonchev–Trinajstić information content (AvgIpc) is 2.98. The first-order chi connectivity index (χ1) is 13.8. The Kier molecular flexibility index (Phi) is 5.88. The molecule has 6 atom stereocenters. The van der Waals surface area contributed by atoms with Gasteiger partial charge in [-0.05, 0) is 92.8 Å². The van der Waals surface area contributed by atoms with Crippen LogP contribution in [-0.4, -0.2) is 17.5 Å². The van der Waals surface area contributed by atoms with Crippen LogP contribution in [0.15, 0.2) is 22.8 Å². The van der Waals surface area contributed by atoms with Gasteiger partial charge in [0.15, 0.2) is 5.78 Å². The van der Waals surface area contributed by atoms with Crippen molar-refractivity contribution in [3.05, 3.63) is 22.8 Å². The summed E-state index contributed by atoms with van der Waals surface area (Å²) in [6.07, 6.45) is 15.7. The smallest absolute Gasteiger partial charge is 0.159 e. The van der Waals surface area contributed by atoms with Gasteiger partial charge in [0, 0.05) is 12.0 Å². The van der Waals surface area contributed by atoms with Crippen molar-refractivity contribution in [1.82, 2.24) is 0 Å². The molecule has 0 saturated heterocycles. The van der Waals surface area contributed by atoms with E-state index in [4.69, 9.17) is 0 Å². The number of aliphatic hydroxyl groups is 1. The molecule has 4 aliphatic rings. The summed E-state index contributed by atoms with van der Waals surface area (Å²) >= 11 is 0. The molecule has 0 aliphatic heterocycles. The number of carbonyl (C=O) groups is 1. The fraction of sp³-hybridized carbons (Fsp3) is 0.815. The summed E-state index contributed by atoms with van der Waals surface area (Å²) in [7, 11) is 0. The topological polar surface area (TPSA) is 37.3 Å². The molecule has 3 fully saturated rings. The quantitative estimate of drug-likeness (QED) is 0.527. The fourth-order valence-corrected chi connectivity index (χ4v) is 8.09. The predicted octanol–water partition coefficient (Wildman–Crippen LogP) is 6.63. The summed E-state index contributed by atoms with van der Waals surface area (Å²) in [6.45, 7) is 9.52. The third-order valence-corrected chi connectivity index (χ3v) is 9.83. The lowest BCUT2D eigenvalue weighted by molar-refractivity contribution is -0.115. The van der Waals surface area contributed by atoms with Crippen molar-refractivity contribution in [2.75, 3.05) is 6.61 Å².